The highest BCUT2D eigenvalue weighted by Gasteiger charge is 2.44. The van der Waals surface area contributed by atoms with Gasteiger partial charge in [-0.2, -0.15) is 0 Å². The van der Waals surface area contributed by atoms with E-state index in [0.29, 0.717) is 56.7 Å². The van der Waals surface area contributed by atoms with E-state index in [2.05, 4.69) is 59.3 Å². The largest absolute Gasteiger partial charge is 0.508 e. The quantitative estimate of drug-likeness (QED) is 0.0583. The van der Waals surface area contributed by atoms with E-state index in [1.807, 2.05) is 123 Å². The van der Waals surface area contributed by atoms with Crippen molar-refractivity contribution in [3.05, 3.63) is 101 Å². The van der Waals surface area contributed by atoms with Gasteiger partial charge in [-0.3, -0.25) is 29.0 Å². The maximum Gasteiger partial charge on any atom is 0.261 e. The Morgan fingerprint density at radius 1 is 0.548 bits per heavy atom. The van der Waals surface area contributed by atoms with E-state index in [1.165, 1.54) is 21.8 Å². The summed E-state index contributed by atoms with van der Waals surface area (Å²) >= 11 is 0. The molecule has 3 N–H and O–H groups in total. The topological polar surface area (TPSA) is 154 Å². The zero-order valence-electron chi connectivity index (χ0n) is 47.0. The van der Waals surface area contributed by atoms with Gasteiger partial charge in [0.1, 0.15) is 5.75 Å². The highest BCUT2D eigenvalue weighted by atomic mass is 16.5. The molecule has 396 valence electrons. The first-order valence-electron chi connectivity index (χ1n) is 26.1. The number of imide groups is 2. The van der Waals surface area contributed by atoms with Crippen LogP contribution in [0.3, 0.4) is 0 Å². The second kappa shape index (κ2) is 23.0. The molecule has 11 heteroatoms. The average molecular weight is 1000 g/mol. The van der Waals surface area contributed by atoms with Gasteiger partial charge in [-0.1, -0.05) is 113 Å². The first-order valence-corrected chi connectivity index (χ1v) is 26.1. The maximum absolute atomic E-state index is 14.2. The van der Waals surface area contributed by atoms with Crippen molar-refractivity contribution in [2.75, 3.05) is 20.3 Å². The van der Waals surface area contributed by atoms with Crippen LogP contribution in [0.25, 0.3) is 43.1 Å². The molecule has 0 aromatic heterocycles. The monoisotopic (exact) mass is 1000 g/mol. The number of phenols is 1. The molecule has 0 aliphatic carbocycles. The molecule has 0 bridgehead atoms. The summed E-state index contributed by atoms with van der Waals surface area (Å²) in [6.07, 6.45) is 2.13. The van der Waals surface area contributed by atoms with Gasteiger partial charge in [0.2, 0.25) is 0 Å². The summed E-state index contributed by atoms with van der Waals surface area (Å²) < 4.78 is 10.8. The van der Waals surface area contributed by atoms with Crippen LogP contribution in [0.1, 0.15) is 178 Å². The van der Waals surface area contributed by atoms with Gasteiger partial charge in [0, 0.05) is 46.2 Å². The summed E-state index contributed by atoms with van der Waals surface area (Å²) in [6.45, 7) is 35.5. The van der Waals surface area contributed by atoms with Crippen molar-refractivity contribution in [2.45, 2.75) is 166 Å². The Bertz CT molecular complexity index is 2810. The normalized spacial score (nSPS) is 15.7. The zero-order chi connectivity index (χ0) is 54.8. The molecule has 4 unspecified atom stereocenters. The molecule has 0 spiro atoms. The van der Waals surface area contributed by atoms with Crippen LogP contribution < -0.4 is 0 Å². The minimum atomic E-state index is -0.774. The smallest absolute Gasteiger partial charge is 0.261 e. The van der Waals surface area contributed by atoms with Gasteiger partial charge in [-0.05, 0) is 157 Å². The van der Waals surface area contributed by atoms with Crippen molar-refractivity contribution in [3.8, 4) is 5.75 Å². The van der Waals surface area contributed by atoms with E-state index in [9.17, 15) is 24.3 Å². The van der Waals surface area contributed by atoms with Crippen molar-refractivity contribution in [2.24, 2.45) is 23.2 Å². The Labute approximate surface area is 434 Å². The van der Waals surface area contributed by atoms with Gasteiger partial charge in [-0.15, -0.1) is 0 Å². The second-order valence-electron chi connectivity index (χ2n) is 23.6. The number of carbonyl (C=O) groups excluding carboxylic acids is 4. The summed E-state index contributed by atoms with van der Waals surface area (Å²) in [5.41, 5.74) is 2.94. The lowest BCUT2D eigenvalue weighted by molar-refractivity contribution is -0.110. The number of phenolic OH excluding ortho intramolecular Hbond substituents is 1. The molecule has 73 heavy (non-hydrogen) atoms. The molecule has 6 aromatic carbocycles. The number of ether oxygens (including phenoxy) is 2. The molecule has 0 saturated heterocycles. The van der Waals surface area contributed by atoms with Crippen LogP contribution in [0, 0.1) is 23.2 Å². The van der Waals surface area contributed by atoms with Crippen LogP contribution in [0.2, 0.25) is 0 Å². The maximum atomic E-state index is 14.2. The number of nitrogens with zero attached hydrogens (tertiary/aromatic N) is 2. The van der Waals surface area contributed by atoms with Crippen LogP contribution in [0.5, 0.6) is 5.75 Å². The van der Waals surface area contributed by atoms with E-state index in [-0.39, 0.29) is 65.7 Å². The standard InChI is InChI=1S/C39H40N2O5.C15H24O.C5H12O.C3H8O2/c1-18(2)20(5)40-35(42)27-14-10-23-25-12-16-29-34-30(38(45)41(37(29)44)22(7)39(8,9)46-21(6)19(3)4)17-13-26(32(25)34)24-11-15-28(36(40)43)33(27)31(23)24;1-14(2,3)9-10-15(4,5)12-7-6-8-13(16)11-12;1-4(2)5(3)6;1-5-3-2-4/h10-22H,1-9H3;6-8,11,16H,9-10H2,1-5H3;4-6H,1-3H3;4H,2-3H2,1H3. The Balaban J connectivity index is 0.000000300. The molecule has 0 radical (unpaired) electrons. The molecule has 4 atom stereocenters. The van der Waals surface area contributed by atoms with E-state index < -0.39 is 11.6 Å². The summed E-state index contributed by atoms with van der Waals surface area (Å²) in [7, 11) is 1.55. The van der Waals surface area contributed by atoms with Crippen molar-refractivity contribution in [1.82, 2.24) is 9.80 Å². The highest BCUT2D eigenvalue weighted by molar-refractivity contribution is 6.41. The fourth-order valence-corrected chi connectivity index (χ4v) is 9.20. The molecule has 0 saturated carbocycles. The number of hydrogen-bond acceptors (Lipinski definition) is 9. The predicted molar refractivity (Wildman–Crippen MR) is 297 cm³/mol. The van der Waals surface area contributed by atoms with Crippen LogP contribution in [0.4, 0.5) is 0 Å². The minimum Gasteiger partial charge on any atom is -0.508 e. The molecule has 4 amide bonds. The number of rotatable bonds is 13. The molecular formula is C62H84N2O9. The number of methoxy groups -OCH3 is 1. The van der Waals surface area contributed by atoms with E-state index in [0.717, 1.165) is 38.7 Å². The molecular weight excluding hydrogens is 917 g/mol. The molecule has 2 aliphatic rings. The van der Waals surface area contributed by atoms with Crippen LogP contribution in [0.15, 0.2) is 72.8 Å². The summed E-state index contributed by atoms with van der Waals surface area (Å²) in [5.74, 6) is -0.0736. The van der Waals surface area contributed by atoms with Gasteiger partial charge in [0.05, 0.1) is 37.1 Å². The number of carbonyl (C=O) groups is 4. The van der Waals surface area contributed by atoms with E-state index >= 15 is 0 Å². The van der Waals surface area contributed by atoms with Crippen molar-refractivity contribution in [1.29, 1.82) is 0 Å². The van der Waals surface area contributed by atoms with Crippen LogP contribution in [-0.4, -0.2) is 99.0 Å². The van der Waals surface area contributed by atoms with Gasteiger partial charge in [-0.25, -0.2) is 0 Å². The lowest BCUT2D eigenvalue weighted by Gasteiger charge is -2.42. The van der Waals surface area contributed by atoms with Gasteiger partial charge in [0.15, 0.2) is 0 Å². The number of aliphatic hydroxyl groups excluding tert-OH is 2. The average Bonchev–Trinajstić information content (AvgIpc) is 3.31. The van der Waals surface area contributed by atoms with Gasteiger partial charge in [0.25, 0.3) is 23.6 Å². The van der Waals surface area contributed by atoms with Crippen LogP contribution >= 0.6 is 0 Å². The molecule has 2 heterocycles. The molecule has 0 fully saturated rings. The van der Waals surface area contributed by atoms with Crippen LogP contribution in [-0.2, 0) is 14.9 Å². The van der Waals surface area contributed by atoms with Crippen molar-refractivity contribution < 1.29 is 44.0 Å². The summed E-state index contributed by atoms with van der Waals surface area (Å²) in [5, 5.41) is 32.6. The second-order valence-corrected chi connectivity index (χ2v) is 23.6. The Morgan fingerprint density at radius 2 is 0.959 bits per heavy atom. The summed E-state index contributed by atoms with van der Waals surface area (Å²) in [6, 6.07) is 21.9. The predicted octanol–water partition coefficient (Wildman–Crippen LogP) is 13.3. The minimum absolute atomic E-state index is 0.0532. The fourth-order valence-electron chi connectivity index (χ4n) is 9.20. The van der Waals surface area contributed by atoms with E-state index in [1.54, 1.807) is 20.1 Å². The Hall–Kier alpha value is -5.46. The lowest BCUT2D eigenvalue weighted by Crippen LogP contribution is -2.56. The molecule has 8 rings (SSSR count). The third-order valence-electron chi connectivity index (χ3n) is 15.3. The number of aromatic hydroxyl groups is 1. The Kier molecular flexibility index (Phi) is 18.4. The Morgan fingerprint density at radius 3 is 1.27 bits per heavy atom. The fraction of sp³-hybridized carbons (Fsp3) is 0.516. The number of benzene rings is 6. The first-order chi connectivity index (χ1) is 33.9. The summed E-state index contributed by atoms with van der Waals surface area (Å²) in [4.78, 5) is 58.7. The number of aliphatic hydroxyl groups is 2. The van der Waals surface area contributed by atoms with Crippen molar-refractivity contribution in [3.63, 3.8) is 0 Å². The van der Waals surface area contributed by atoms with E-state index in [4.69, 9.17) is 14.9 Å². The SMILES string of the molecule is CC(C)(C)CCC(C)(C)c1cccc(O)c1.CC(C)C(C)O.CC(C)C(C)OC(C)(C)C(C)N1C(=O)c2ccc3c4ccc5c6c(ccc(c7ccc(c2c37)C1=O)c64)C(=O)N(C(C)C(C)C)C5=O.COCCO. The van der Waals surface area contributed by atoms with Gasteiger partial charge < -0.3 is 24.8 Å². The number of fused-ring (bicyclic) bond motifs is 2. The van der Waals surface area contributed by atoms with Gasteiger partial charge >= 0.3 is 0 Å². The number of hydrogen-bond donors (Lipinski definition) is 3. The zero-order valence-corrected chi connectivity index (χ0v) is 47.0. The highest BCUT2D eigenvalue weighted by Crippen LogP contribution is 2.47. The third kappa shape index (κ3) is 12.2. The first kappa shape index (κ1) is 58.4. The number of amides is 4. The molecule has 2 aliphatic heterocycles. The third-order valence-corrected chi connectivity index (χ3v) is 15.3. The lowest BCUT2D eigenvalue weighted by atomic mass is 9.76. The molecule has 6 aromatic rings. The van der Waals surface area contributed by atoms with Crippen molar-refractivity contribution >= 4 is 66.7 Å². The molecule has 11 nitrogen and oxygen atoms in total.